The minimum absolute atomic E-state index is 0.529. The predicted molar refractivity (Wildman–Crippen MR) is 79.7 cm³/mol. The van der Waals surface area contributed by atoms with Gasteiger partial charge in [0.2, 0.25) is 0 Å². The summed E-state index contributed by atoms with van der Waals surface area (Å²) in [6.45, 7) is 1.93. The summed E-state index contributed by atoms with van der Waals surface area (Å²) < 4.78 is 4.50. The highest BCUT2D eigenvalue weighted by molar-refractivity contribution is 6.31. The van der Waals surface area contributed by atoms with E-state index in [-0.39, 0.29) is 0 Å². The van der Waals surface area contributed by atoms with Gasteiger partial charge < -0.3 is 10.1 Å². The van der Waals surface area contributed by atoms with Gasteiger partial charge in [-0.15, -0.1) is 0 Å². The molecular formula is C14H14ClN3O2. The number of amides is 1. The number of nitrogens with one attached hydrogen (secondary N) is 2. The average Bonchev–Trinajstić information content (AvgIpc) is 2.46. The van der Waals surface area contributed by atoms with Crippen molar-refractivity contribution < 1.29 is 9.53 Å². The Labute approximate surface area is 121 Å². The van der Waals surface area contributed by atoms with Crippen molar-refractivity contribution in [2.75, 3.05) is 17.7 Å². The Morgan fingerprint density at radius 1 is 1.30 bits per heavy atom. The highest BCUT2D eigenvalue weighted by atomic mass is 35.5. The number of carbonyl (C=O) groups excluding carboxylic acids is 1. The molecule has 0 saturated carbocycles. The first-order chi connectivity index (χ1) is 9.60. The molecular weight excluding hydrogens is 278 g/mol. The number of ether oxygens (including phenoxy) is 1. The van der Waals surface area contributed by atoms with Gasteiger partial charge in [-0.25, -0.2) is 9.78 Å². The molecule has 0 radical (unpaired) electrons. The van der Waals surface area contributed by atoms with Crippen molar-refractivity contribution in [2.45, 2.75) is 6.92 Å². The van der Waals surface area contributed by atoms with Crippen LogP contribution in [-0.4, -0.2) is 18.2 Å². The summed E-state index contributed by atoms with van der Waals surface area (Å²) in [5.74, 6) is 0.658. The first-order valence-corrected chi connectivity index (χ1v) is 6.31. The lowest BCUT2D eigenvalue weighted by molar-refractivity contribution is 0.187. The van der Waals surface area contributed by atoms with Crippen LogP contribution in [0.15, 0.2) is 36.5 Å². The number of benzene rings is 1. The number of pyridine rings is 1. The van der Waals surface area contributed by atoms with E-state index in [9.17, 15) is 4.79 Å². The number of halogens is 1. The third-order valence-corrected chi connectivity index (χ3v) is 3.14. The molecule has 1 aromatic heterocycles. The summed E-state index contributed by atoms with van der Waals surface area (Å²) in [4.78, 5) is 15.3. The van der Waals surface area contributed by atoms with Crippen LogP contribution in [-0.2, 0) is 4.74 Å². The number of carbonyl (C=O) groups is 1. The molecule has 2 rings (SSSR count). The fraction of sp³-hybridized carbons (Fsp3) is 0.143. The van der Waals surface area contributed by atoms with Crippen LogP contribution >= 0.6 is 11.6 Å². The van der Waals surface area contributed by atoms with E-state index >= 15 is 0 Å². The zero-order chi connectivity index (χ0) is 14.5. The van der Waals surface area contributed by atoms with Crippen molar-refractivity contribution in [1.82, 2.24) is 4.98 Å². The van der Waals surface area contributed by atoms with Gasteiger partial charge in [0.1, 0.15) is 5.82 Å². The number of hydrogen-bond donors (Lipinski definition) is 2. The molecule has 0 aliphatic carbocycles. The van der Waals surface area contributed by atoms with Crippen LogP contribution in [0.5, 0.6) is 0 Å². The lowest BCUT2D eigenvalue weighted by Gasteiger charge is -2.10. The Balaban J connectivity index is 2.11. The van der Waals surface area contributed by atoms with Gasteiger partial charge in [0.05, 0.1) is 19.0 Å². The highest BCUT2D eigenvalue weighted by Crippen LogP contribution is 2.25. The molecule has 1 amide bonds. The van der Waals surface area contributed by atoms with Gasteiger partial charge >= 0.3 is 6.09 Å². The molecule has 0 saturated heterocycles. The van der Waals surface area contributed by atoms with E-state index in [0.717, 1.165) is 11.3 Å². The molecule has 0 bridgehead atoms. The quantitative estimate of drug-likeness (QED) is 0.898. The van der Waals surface area contributed by atoms with E-state index in [1.165, 1.54) is 7.11 Å². The van der Waals surface area contributed by atoms with Gasteiger partial charge in [0.25, 0.3) is 0 Å². The van der Waals surface area contributed by atoms with Crippen molar-refractivity contribution in [2.24, 2.45) is 0 Å². The van der Waals surface area contributed by atoms with E-state index in [1.54, 1.807) is 18.3 Å². The van der Waals surface area contributed by atoms with Crippen molar-refractivity contribution in [3.8, 4) is 0 Å². The van der Waals surface area contributed by atoms with Crippen molar-refractivity contribution >= 4 is 34.9 Å². The monoisotopic (exact) mass is 291 g/mol. The lowest BCUT2D eigenvalue weighted by atomic mass is 10.2. The molecule has 2 aromatic rings. The summed E-state index contributed by atoms with van der Waals surface area (Å²) >= 11 is 6.06. The minimum Gasteiger partial charge on any atom is -0.453 e. The maximum absolute atomic E-state index is 11.0. The van der Waals surface area contributed by atoms with Gasteiger partial charge in [-0.2, -0.15) is 0 Å². The fourth-order valence-electron chi connectivity index (χ4n) is 1.59. The Morgan fingerprint density at radius 2 is 2.10 bits per heavy atom. The zero-order valence-electron chi connectivity index (χ0n) is 11.1. The molecule has 0 aliphatic rings. The Hall–Kier alpha value is -2.27. The second-order valence-electron chi connectivity index (χ2n) is 4.09. The van der Waals surface area contributed by atoms with Crippen molar-refractivity contribution in [1.29, 1.82) is 0 Å². The number of methoxy groups -OCH3 is 1. The first-order valence-electron chi connectivity index (χ1n) is 5.93. The largest absolute Gasteiger partial charge is 0.453 e. The summed E-state index contributed by atoms with van der Waals surface area (Å²) in [6, 6.07) is 9.10. The van der Waals surface area contributed by atoms with Crippen molar-refractivity contribution in [3.63, 3.8) is 0 Å². The van der Waals surface area contributed by atoms with Crippen LogP contribution < -0.4 is 10.6 Å². The van der Waals surface area contributed by atoms with Crippen molar-refractivity contribution in [3.05, 3.63) is 47.1 Å². The molecule has 0 aliphatic heterocycles. The number of aromatic nitrogens is 1. The molecule has 0 atom stereocenters. The molecule has 1 heterocycles. The van der Waals surface area contributed by atoms with Crippen LogP contribution in [0, 0.1) is 6.92 Å². The number of nitrogens with zero attached hydrogens (tertiary/aromatic N) is 1. The molecule has 1 aromatic carbocycles. The molecule has 0 fully saturated rings. The fourth-order valence-corrected chi connectivity index (χ4v) is 1.77. The second kappa shape index (κ2) is 6.25. The number of anilines is 3. The van der Waals surface area contributed by atoms with Crippen LogP contribution in [0.25, 0.3) is 0 Å². The van der Waals surface area contributed by atoms with E-state index in [1.807, 2.05) is 25.1 Å². The molecule has 2 N–H and O–H groups in total. The molecule has 5 nitrogen and oxygen atoms in total. The van der Waals surface area contributed by atoms with Gasteiger partial charge in [0, 0.05) is 10.7 Å². The lowest BCUT2D eigenvalue weighted by Crippen LogP contribution is -2.11. The summed E-state index contributed by atoms with van der Waals surface area (Å²) in [5.41, 5.74) is 2.40. The minimum atomic E-state index is -0.529. The third-order valence-electron chi connectivity index (χ3n) is 2.73. The van der Waals surface area contributed by atoms with Crippen LogP contribution in [0.4, 0.5) is 22.0 Å². The Morgan fingerprint density at radius 3 is 2.75 bits per heavy atom. The maximum atomic E-state index is 11.0. The topological polar surface area (TPSA) is 63.2 Å². The maximum Gasteiger partial charge on any atom is 0.411 e. The normalized spacial score (nSPS) is 9.95. The highest BCUT2D eigenvalue weighted by Gasteiger charge is 2.04. The summed E-state index contributed by atoms with van der Waals surface area (Å²) in [5, 5.41) is 6.39. The van der Waals surface area contributed by atoms with Gasteiger partial charge in [-0.1, -0.05) is 17.7 Å². The van der Waals surface area contributed by atoms with Crippen LogP contribution in [0.3, 0.4) is 0 Å². The van der Waals surface area contributed by atoms with Gasteiger partial charge in [0.15, 0.2) is 0 Å². The predicted octanol–water partition coefficient (Wildman–Crippen LogP) is 3.97. The van der Waals surface area contributed by atoms with Crippen LogP contribution in [0.1, 0.15) is 5.56 Å². The van der Waals surface area contributed by atoms with Gasteiger partial charge in [-0.3, -0.25) is 5.32 Å². The molecule has 0 spiro atoms. The van der Waals surface area contributed by atoms with Crippen LogP contribution in [0.2, 0.25) is 5.02 Å². The second-order valence-corrected chi connectivity index (χ2v) is 4.49. The SMILES string of the molecule is COC(=O)Nc1ccc(Nc2cccc(Cl)c2C)nc1. The smallest absolute Gasteiger partial charge is 0.411 e. The van der Waals surface area contributed by atoms with E-state index in [2.05, 4.69) is 20.4 Å². The zero-order valence-corrected chi connectivity index (χ0v) is 11.9. The molecule has 104 valence electrons. The van der Waals surface area contributed by atoms with Gasteiger partial charge in [-0.05, 0) is 36.8 Å². The first kappa shape index (κ1) is 14.1. The molecule has 6 heteroatoms. The Kier molecular flexibility index (Phi) is 4.42. The summed E-state index contributed by atoms with van der Waals surface area (Å²) in [7, 11) is 1.31. The summed E-state index contributed by atoms with van der Waals surface area (Å²) in [6.07, 6.45) is 1.01. The average molecular weight is 292 g/mol. The van der Waals surface area contributed by atoms with E-state index < -0.39 is 6.09 Å². The Bertz CT molecular complexity index is 614. The third kappa shape index (κ3) is 3.39. The standard InChI is InChI=1S/C14H14ClN3O2/c1-9-11(15)4-3-5-12(9)18-13-7-6-10(8-16-13)17-14(19)20-2/h3-8H,1-2H3,(H,16,18)(H,17,19). The number of rotatable bonds is 3. The molecule has 20 heavy (non-hydrogen) atoms. The number of hydrogen-bond acceptors (Lipinski definition) is 4. The molecule has 0 unspecified atom stereocenters. The van der Waals surface area contributed by atoms with E-state index in [4.69, 9.17) is 11.6 Å². The van der Waals surface area contributed by atoms with E-state index in [0.29, 0.717) is 16.5 Å².